The largest absolute Gasteiger partial charge is 0.312 e. The van der Waals surface area contributed by atoms with Crippen LogP contribution in [-0.4, -0.2) is 57.5 Å². The number of sulfone groups is 1. The predicted molar refractivity (Wildman–Crippen MR) is 65.3 cm³/mol. The van der Waals surface area contributed by atoms with Crippen molar-refractivity contribution >= 4 is 9.84 Å². The first-order valence-corrected chi connectivity index (χ1v) is 8.24. The highest BCUT2D eigenvalue weighted by atomic mass is 32.2. The molecule has 2 heterocycles. The Kier molecular flexibility index (Phi) is 3.87. The predicted octanol–water partition coefficient (Wildman–Crippen LogP) is 0.105. The van der Waals surface area contributed by atoms with E-state index in [4.69, 9.17) is 0 Å². The highest BCUT2D eigenvalue weighted by Gasteiger charge is 2.33. The molecule has 2 aliphatic rings. The van der Waals surface area contributed by atoms with Gasteiger partial charge in [0.2, 0.25) is 0 Å². The first-order valence-electron chi connectivity index (χ1n) is 6.18. The molecule has 0 aromatic heterocycles. The van der Waals surface area contributed by atoms with Crippen molar-refractivity contribution in [1.29, 1.82) is 0 Å². The van der Waals surface area contributed by atoms with Crippen LogP contribution in [-0.2, 0) is 9.84 Å². The maximum atomic E-state index is 11.0. The van der Waals surface area contributed by atoms with Crippen molar-refractivity contribution in [3.63, 3.8) is 0 Å². The van der Waals surface area contributed by atoms with Gasteiger partial charge in [-0.05, 0) is 38.3 Å². The van der Waals surface area contributed by atoms with Gasteiger partial charge in [0.25, 0.3) is 0 Å². The monoisotopic (exact) mass is 246 g/mol. The van der Waals surface area contributed by atoms with Gasteiger partial charge in [-0.1, -0.05) is 0 Å². The molecule has 2 aliphatic heterocycles. The first kappa shape index (κ1) is 12.3. The van der Waals surface area contributed by atoms with E-state index in [1.165, 1.54) is 19.1 Å². The lowest BCUT2D eigenvalue weighted by Gasteiger charge is -2.24. The zero-order chi connectivity index (χ0) is 11.6. The van der Waals surface area contributed by atoms with E-state index < -0.39 is 9.84 Å². The maximum Gasteiger partial charge on any atom is 0.147 e. The molecule has 0 saturated carbocycles. The van der Waals surface area contributed by atoms with Crippen LogP contribution in [0.2, 0.25) is 0 Å². The molecule has 0 bridgehead atoms. The number of likely N-dealkylation sites (tertiary alicyclic amines) is 1. The van der Waals surface area contributed by atoms with Crippen LogP contribution in [0.5, 0.6) is 0 Å². The normalized spacial score (nSPS) is 31.6. The van der Waals surface area contributed by atoms with Crippen LogP contribution < -0.4 is 5.32 Å². The van der Waals surface area contributed by atoms with E-state index in [0.717, 1.165) is 38.5 Å². The Balaban J connectivity index is 1.72. The second-order valence-corrected chi connectivity index (χ2v) is 7.47. The summed E-state index contributed by atoms with van der Waals surface area (Å²) >= 11 is 0. The molecule has 2 rings (SSSR count). The summed E-state index contributed by atoms with van der Waals surface area (Å²) in [6.07, 6.45) is 4.72. The number of fused-ring (bicyclic) bond motifs is 1. The fourth-order valence-electron chi connectivity index (χ4n) is 2.87. The molecule has 2 saturated heterocycles. The zero-order valence-electron chi connectivity index (χ0n) is 9.98. The molecule has 0 aromatic carbocycles. The number of hydrogen-bond acceptors (Lipinski definition) is 4. The molecular weight excluding hydrogens is 224 g/mol. The molecule has 0 aromatic rings. The Morgan fingerprint density at radius 1 is 1.38 bits per heavy atom. The number of piperidine rings is 1. The van der Waals surface area contributed by atoms with Gasteiger partial charge < -0.3 is 10.2 Å². The van der Waals surface area contributed by atoms with Gasteiger partial charge in [0, 0.05) is 25.4 Å². The molecule has 0 spiro atoms. The SMILES string of the molecule is CS(=O)(=O)CCCN1CC2CCCNC2C1. The zero-order valence-corrected chi connectivity index (χ0v) is 10.8. The van der Waals surface area contributed by atoms with Crippen molar-refractivity contribution in [1.82, 2.24) is 10.2 Å². The summed E-state index contributed by atoms with van der Waals surface area (Å²) in [7, 11) is -2.78. The lowest BCUT2D eigenvalue weighted by Crippen LogP contribution is -2.40. The summed E-state index contributed by atoms with van der Waals surface area (Å²) < 4.78 is 22.1. The molecule has 1 N–H and O–H groups in total. The van der Waals surface area contributed by atoms with Crippen LogP contribution in [0.15, 0.2) is 0 Å². The molecule has 2 fully saturated rings. The Morgan fingerprint density at radius 3 is 2.88 bits per heavy atom. The van der Waals surface area contributed by atoms with Gasteiger partial charge in [-0.2, -0.15) is 0 Å². The van der Waals surface area contributed by atoms with Crippen molar-refractivity contribution in [2.75, 3.05) is 38.2 Å². The van der Waals surface area contributed by atoms with Crippen molar-refractivity contribution in [3.8, 4) is 0 Å². The van der Waals surface area contributed by atoms with E-state index in [-0.39, 0.29) is 0 Å². The third kappa shape index (κ3) is 3.43. The third-order valence-corrected chi connectivity index (χ3v) is 4.69. The quantitative estimate of drug-likeness (QED) is 0.764. The van der Waals surface area contributed by atoms with E-state index in [0.29, 0.717) is 11.8 Å². The van der Waals surface area contributed by atoms with Gasteiger partial charge >= 0.3 is 0 Å². The number of rotatable bonds is 4. The van der Waals surface area contributed by atoms with E-state index >= 15 is 0 Å². The third-order valence-electron chi connectivity index (χ3n) is 3.66. The van der Waals surface area contributed by atoms with Gasteiger partial charge in [-0.3, -0.25) is 0 Å². The summed E-state index contributed by atoms with van der Waals surface area (Å²) in [4.78, 5) is 2.42. The van der Waals surface area contributed by atoms with Gasteiger partial charge in [0.1, 0.15) is 9.84 Å². The lowest BCUT2D eigenvalue weighted by atomic mass is 9.94. The highest BCUT2D eigenvalue weighted by Crippen LogP contribution is 2.24. The molecular formula is C11H22N2O2S. The molecule has 2 unspecified atom stereocenters. The van der Waals surface area contributed by atoms with E-state index in [9.17, 15) is 8.42 Å². The van der Waals surface area contributed by atoms with Crippen molar-refractivity contribution in [3.05, 3.63) is 0 Å². The second kappa shape index (κ2) is 5.02. The summed E-state index contributed by atoms with van der Waals surface area (Å²) in [6, 6.07) is 0.659. The summed E-state index contributed by atoms with van der Waals surface area (Å²) in [5.41, 5.74) is 0. The molecule has 0 aliphatic carbocycles. The molecule has 2 atom stereocenters. The van der Waals surface area contributed by atoms with Crippen LogP contribution in [0.25, 0.3) is 0 Å². The van der Waals surface area contributed by atoms with Gasteiger partial charge in [-0.25, -0.2) is 8.42 Å². The topological polar surface area (TPSA) is 49.4 Å². The Labute approximate surface area is 98.3 Å². The van der Waals surface area contributed by atoms with E-state index in [1.807, 2.05) is 0 Å². The van der Waals surface area contributed by atoms with Crippen molar-refractivity contribution < 1.29 is 8.42 Å². The Hall–Kier alpha value is -0.130. The highest BCUT2D eigenvalue weighted by molar-refractivity contribution is 7.90. The molecule has 0 radical (unpaired) electrons. The van der Waals surface area contributed by atoms with Crippen molar-refractivity contribution in [2.45, 2.75) is 25.3 Å². The van der Waals surface area contributed by atoms with Gasteiger partial charge in [0.05, 0.1) is 5.75 Å². The fraction of sp³-hybridized carbons (Fsp3) is 1.00. The minimum Gasteiger partial charge on any atom is -0.312 e. The number of nitrogens with one attached hydrogen (secondary N) is 1. The molecule has 4 nitrogen and oxygen atoms in total. The Bertz CT molecular complexity index is 315. The van der Waals surface area contributed by atoms with Gasteiger partial charge in [0.15, 0.2) is 0 Å². The summed E-state index contributed by atoms with van der Waals surface area (Å²) in [5.74, 6) is 1.12. The molecule has 94 valence electrons. The Morgan fingerprint density at radius 2 is 2.19 bits per heavy atom. The minimum atomic E-state index is -2.78. The molecule has 5 heteroatoms. The van der Waals surface area contributed by atoms with Gasteiger partial charge in [-0.15, -0.1) is 0 Å². The average Bonchev–Trinajstić information content (AvgIpc) is 2.57. The first-order chi connectivity index (χ1) is 7.54. The second-order valence-electron chi connectivity index (χ2n) is 5.21. The van der Waals surface area contributed by atoms with Crippen LogP contribution in [0.4, 0.5) is 0 Å². The van der Waals surface area contributed by atoms with Crippen LogP contribution in [0.3, 0.4) is 0 Å². The fourth-order valence-corrected chi connectivity index (χ4v) is 3.52. The number of hydrogen-bond donors (Lipinski definition) is 1. The standard InChI is InChI=1S/C11H22N2O2S/c1-16(14,15)7-3-6-13-8-10-4-2-5-12-11(10)9-13/h10-12H,2-9H2,1H3. The maximum absolute atomic E-state index is 11.0. The van der Waals surface area contributed by atoms with E-state index in [2.05, 4.69) is 10.2 Å². The molecule has 0 amide bonds. The smallest absolute Gasteiger partial charge is 0.147 e. The van der Waals surface area contributed by atoms with Crippen LogP contribution in [0, 0.1) is 5.92 Å². The van der Waals surface area contributed by atoms with Crippen LogP contribution in [0.1, 0.15) is 19.3 Å². The molecule has 16 heavy (non-hydrogen) atoms. The van der Waals surface area contributed by atoms with E-state index in [1.54, 1.807) is 0 Å². The average molecular weight is 246 g/mol. The van der Waals surface area contributed by atoms with Crippen LogP contribution >= 0.6 is 0 Å². The summed E-state index contributed by atoms with van der Waals surface area (Å²) in [6.45, 7) is 4.34. The lowest BCUT2D eigenvalue weighted by molar-refractivity contribution is 0.320. The minimum absolute atomic E-state index is 0.326. The summed E-state index contributed by atoms with van der Waals surface area (Å²) in [5, 5.41) is 3.56. The van der Waals surface area contributed by atoms with Crippen molar-refractivity contribution in [2.24, 2.45) is 5.92 Å². The number of nitrogens with zero attached hydrogens (tertiary/aromatic N) is 1.